The molecule has 0 fully saturated rings. The van der Waals surface area contributed by atoms with E-state index in [4.69, 9.17) is 27.2 Å². The van der Waals surface area contributed by atoms with E-state index in [0.717, 1.165) is 70.8 Å². The number of nitrogens with zero attached hydrogens (tertiary/aromatic N) is 1. The molecule has 0 bridgehead atoms. The second kappa shape index (κ2) is 16.1. The zero-order valence-electron chi connectivity index (χ0n) is 20.5. The second-order valence-corrected chi connectivity index (χ2v) is 9.55. The Morgan fingerprint density at radius 3 is 1.78 bits per heavy atom. The maximum atomic E-state index is 8.54. The van der Waals surface area contributed by atoms with Gasteiger partial charge in [0.2, 0.25) is 5.96 Å². The van der Waals surface area contributed by atoms with Gasteiger partial charge in [-0.15, -0.1) is 0 Å². The van der Waals surface area contributed by atoms with E-state index < -0.39 is 0 Å². The molecule has 10 heteroatoms. The predicted molar refractivity (Wildman–Crippen MR) is 133 cm³/mol. The van der Waals surface area contributed by atoms with Crippen LogP contribution in [0.2, 0.25) is 0 Å². The van der Waals surface area contributed by atoms with Gasteiger partial charge in [0, 0.05) is 17.6 Å². The molecule has 0 heterocycles. The van der Waals surface area contributed by atoms with Gasteiger partial charge in [0.25, 0.3) is 0 Å². The molecule has 0 unspecified atom stereocenters. The number of hydrogen-bond donors (Lipinski definition) is 9. The number of guanidine groups is 3. The van der Waals surface area contributed by atoms with Gasteiger partial charge in [-0.1, -0.05) is 38.5 Å². The molecule has 10 N–H and O–H groups in total. The smallest absolute Gasteiger partial charge is 0.202 e. The molecule has 0 saturated heterocycles. The van der Waals surface area contributed by atoms with E-state index in [1.807, 2.05) is 13.8 Å². The number of nitrogens with one attached hydrogen (secondary N) is 8. The van der Waals surface area contributed by atoms with E-state index in [0.29, 0.717) is 6.54 Å². The van der Waals surface area contributed by atoms with Crippen molar-refractivity contribution in [1.82, 2.24) is 26.6 Å². The van der Waals surface area contributed by atoms with Gasteiger partial charge in [-0.05, 0) is 59.9 Å². The molecule has 0 aromatic carbocycles. The second-order valence-electron chi connectivity index (χ2n) is 9.55. The van der Waals surface area contributed by atoms with Gasteiger partial charge in [0.15, 0.2) is 18.1 Å². The number of hydrogen-bond acceptors (Lipinski definition) is 5. The first-order valence-electron chi connectivity index (χ1n) is 11.7. The minimum Gasteiger partial charge on any atom is -0.356 e. The first-order chi connectivity index (χ1) is 15.0. The molecule has 0 aliphatic heterocycles. The van der Waals surface area contributed by atoms with Gasteiger partial charge in [-0.3, -0.25) is 26.9 Å². The highest BCUT2D eigenvalue weighted by Gasteiger charge is 2.19. The third-order valence-corrected chi connectivity index (χ3v) is 5.14. The van der Waals surface area contributed by atoms with Crippen LogP contribution < -0.4 is 32.3 Å². The lowest BCUT2D eigenvalue weighted by Gasteiger charge is -2.28. The zero-order valence-corrected chi connectivity index (χ0v) is 20.5. The van der Waals surface area contributed by atoms with Crippen LogP contribution in [-0.2, 0) is 0 Å². The predicted octanol–water partition coefficient (Wildman–Crippen LogP) is 2.64. The Labute approximate surface area is 194 Å². The van der Waals surface area contributed by atoms with Crippen molar-refractivity contribution < 1.29 is 0 Å². The maximum absolute atomic E-state index is 8.54. The Hall–Kier alpha value is -2.54. The fraction of sp³-hybridized carbons (Fsp3) is 0.818. The quantitative estimate of drug-likeness (QED) is 0.0604. The van der Waals surface area contributed by atoms with Crippen LogP contribution in [0.4, 0.5) is 0 Å². The van der Waals surface area contributed by atoms with Gasteiger partial charge in [0.1, 0.15) is 0 Å². The summed E-state index contributed by atoms with van der Waals surface area (Å²) in [6, 6.07) is 0. The lowest BCUT2D eigenvalue weighted by molar-refractivity contribution is 0.397. The summed E-state index contributed by atoms with van der Waals surface area (Å²) in [5, 5.41) is 46.4. The molecule has 32 heavy (non-hydrogen) atoms. The Balaban J connectivity index is 3.87. The molecule has 0 radical (unpaired) electrons. The van der Waals surface area contributed by atoms with Gasteiger partial charge in [-0.2, -0.15) is 5.26 Å². The summed E-state index contributed by atoms with van der Waals surface area (Å²) in [5.74, 6) is 0.300. The molecular weight excluding hydrogens is 404 g/mol. The topological polar surface area (TPSA) is 182 Å². The fourth-order valence-electron chi connectivity index (χ4n) is 3.41. The van der Waals surface area contributed by atoms with E-state index in [-0.39, 0.29) is 29.0 Å². The van der Waals surface area contributed by atoms with E-state index in [1.54, 1.807) is 6.19 Å². The minimum absolute atomic E-state index is 0.0265. The minimum atomic E-state index is -0.239. The monoisotopic (exact) mass is 450 g/mol. The summed E-state index contributed by atoms with van der Waals surface area (Å²) >= 11 is 0. The largest absolute Gasteiger partial charge is 0.356 e. The number of nitriles is 1. The summed E-state index contributed by atoms with van der Waals surface area (Å²) in [6.45, 7) is 9.60. The normalized spacial score (nSPS) is 11.2. The highest BCUT2D eigenvalue weighted by Crippen LogP contribution is 2.15. The standard InChI is InChI=1S/C22H46N10/c1-21(2,31-19(26)29-17-24)13-10-6-8-12-16-28-18(25)30-20(27)32-22(3,4)14-9-5-7-11-15-23/h5-16,23H2,1-4H3,(H3,26,29,31)(H5,25,27,28,30,32). The van der Waals surface area contributed by atoms with E-state index >= 15 is 0 Å². The average Bonchev–Trinajstić information content (AvgIpc) is 2.66. The molecule has 0 aliphatic carbocycles. The van der Waals surface area contributed by atoms with Crippen molar-refractivity contribution in [3.05, 3.63) is 0 Å². The molecule has 0 atom stereocenters. The van der Waals surface area contributed by atoms with Crippen LogP contribution in [0.1, 0.15) is 91.9 Å². The van der Waals surface area contributed by atoms with Crippen molar-refractivity contribution in [3.8, 4) is 6.19 Å². The van der Waals surface area contributed by atoms with Crippen molar-refractivity contribution >= 4 is 17.9 Å². The van der Waals surface area contributed by atoms with Crippen LogP contribution in [0.25, 0.3) is 0 Å². The van der Waals surface area contributed by atoms with Gasteiger partial charge >= 0.3 is 0 Å². The highest BCUT2D eigenvalue weighted by molar-refractivity contribution is 5.95. The third kappa shape index (κ3) is 17.2. The summed E-state index contributed by atoms with van der Waals surface area (Å²) in [7, 11) is 0. The molecule has 0 aromatic rings. The van der Waals surface area contributed by atoms with E-state index in [1.165, 1.54) is 0 Å². The molecule has 0 amide bonds. The molecule has 0 aliphatic rings. The van der Waals surface area contributed by atoms with Crippen molar-refractivity contribution in [3.63, 3.8) is 0 Å². The van der Waals surface area contributed by atoms with Crippen LogP contribution >= 0.6 is 0 Å². The average molecular weight is 451 g/mol. The van der Waals surface area contributed by atoms with Gasteiger partial charge in [-0.25, -0.2) is 0 Å². The Morgan fingerprint density at radius 2 is 1.25 bits per heavy atom. The van der Waals surface area contributed by atoms with Crippen LogP contribution in [0.5, 0.6) is 0 Å². The van der Waals surface area contributed by atoms with Gasteiger partial charge < -0.3 is 21.7 Å². The number of nitrogens with two attached hydrogens (primary N) is 1. The summed E-state index contributed by atoms with van der Waals surface area (Å²) in [5.41, 5.74) is 5.08. The van der Waals surface area contributed by atoms with Crippen LogP contribution in [0.3, 0.4) is 0 Å². The number of rotatable bonds is 15. The summed E-state index contributed by atoms with van der Waals surface area (Å²) in [6.07, 6.45) is 12.1. The third-order valence-electron chi connectivity index (χ3n) is 5.14. The Kier molecular flexibility index (Phi) is 14.9. The summed E-state index contributed by atoms with van der Waals surface area (Å²) < 4.78 is 0. The van der Waals surface area contributed by atoms with Crippen LogP contribution in [-0.4, -0.2) is 42.0 Å². The maximum Gasteiger partial charge on any atom is 0.202 e. The van der Waals surface area contributed by atoms with Gasteiger partial charge in [0.05, 0.1) is 0 Å². The molecule has 0 saturated carbocycles. The molecular formula is C22H46N10. The first-order valence-corrected chi connectivity index (χ1v) is 11.7. The van der Waals surface area contributed by atoms with Crippen LogP contribution in [0, 0.1) is 27.7 Å². The molecule has 0 aromatic heterocycles. The summed E-state index contributed by atoms with van der Waals surface area (Å²) in [4.78, 5) is 0. The van der Waals surface area contributed by atoms with Crippen molar-refractivity contribution in [2.45, 2.75) is 103 Å². The van der Waals surface area contributed by atoms with E-state index in [9.17, 15) is 0 Å². The molecule has 184 valence electrons. The Bertz CT molecular complexity index is 606. The lowest BCUT2D eigenvalue weighted by Crippen LogP contribution is -2.52. The highest BCUT2D eigenvalue weighted by atomic mass is 15.2. The van der Waals surface area contributed by atoms with Crippen molar-refractivity contribution in [2.75, 3.05) is 13.1 Å². The van der Waals surface area contributed by atoms with E-state index in [2.05, 4.69) is 40.4 Å². The van der Waals surface area contributed by atoms with Crippen molar-refractivity contribution in [1.29, 1.82) is 21.5 Å². The van der Waals surface area contributed by atoms with Crippen molar-refractivity contribution in [2.24, 2.45) is 5.73 Å². The lowest BCUT2D eigenvalue weighted by atomic mass is 9.96. The SMILES string of the molecule is CC(C)(CCCCCCNC(=N)NC(=N)NC(C)(C)CCCCCCN)NC(=N)NC#N. The Morgan fingerprint density at radius 1 is 0.750 bits per heavy atom. The molecule has 10 nitrogen and oxygen atoms in total. The molecule has 0 spiro atoms. The first kappa shape index (κ1) is 29.5. The fourth-order valence-corrected chi connectivity index (χ4v) is 3.41. The number of unbranched alkanes of at least 4 members (excludes halogenated alkanes) is 6. The molecule has 0 rings (SSSR count). The van der Waals surface area contributed by atoms with Crippen LogP contribution in [0.15, 0.2) is 0 Å². The zero-order chi connectivity index (χ0) is 24.5.